The van der Waals surface area contributed by atoms with Crippen LogP contribution in [0.2, 0.25) is 0 Å². The Bertz CT molecular complexity index is 1550. The molecular weight excluding hydrogens is 1100 g/mol. The van der Waals surface area contributed by atoms with Crippen LogP contribution in [0.15, 0.2) is 12.2 Å². The van der Waals surface area contributed by atoms with E-state index in [0.717, 1.165) is 38.5 Å². The highest BCUT2D eigenvalue weighted by molar-refractivity contribution is 7.80. The molecule has 512 valence electrons. The number of aliphatic hydroxyl groups excluding tert-OH is 4. The van der Waals surface area contributed by atoms with Gasteiger partial charge in [-0.2, -0.15) is 8.42 Å². The SMILES string of the molecule is CCCCCCCCCCCCCCCCCCCCCC/C=C/C(O)C(COC1OC(CO)C(O)C(OS(=O)(=O)O)C1O)NC(=O)CCCCCCCCCCCCCCCCCCCCCCCCCCCCCCCCCCCCCCC. The standard InChI is InChI=1S/C73H143NO11S/c1-3-5-7-9-11-13-15-17-19-21-23-25-27-28-29-30-31-32-33-34-35-36-37-38-39-40-41-43-45-47-49-51-53-55-57-59-61-63-69(77)74-66(65-83-73-71(79)72(85-86(80,81)82)70(78)68(64-75)84-73)67(76)62-60-58-56-54-52-50-48-46-44-42-26-24-22-20-18-16-14-12-10-8-6-4-2/h60,62,66-68,70-73,75-76,78-79H,3-59,61,63-65H2,1-2H3,(H,74,77)(H,80,81,82)/b62-60+. The number of allylic oxidation sites excluding steroid dienone is 1. The van der Waals surface area contributed by atoms with Crippen molar-refractivity contribution in [1.82, 2.24) is 5.32 Å². The molecule has 1 rings (SSSR count). The van der Waals surface area contributed by atoms with Gasteiger partial charge in [0.2, 0.25) is 5.91 Å². The molecule has 0 aliphatic carbocycles. The van der Waals surface area contributed by atoms with Crippen molar-refractivity contribution >= 4 is 16.3 Å². The molecular formula is C73H143NO11S. The van der Waals surface area contributed by atoms with Gasteiger partial charge >= 0.3 is 10.4 Å². The molecule has 13 heteroatoms. The van der Waals surface area contributed by atoms with E-state index >= 15 is 0 Å². The van der Waals surface area contributed by atoms with Crippen LogP contribution in [-0.4, -0.2) is 95.4 Å². The first-order valence-corrected chi connectivity index (χ1v) is 38.9. The molecule has 0 spiro atoms. The fourth-order valence-electron chi connectivity index (χ4n) is 12.6. The number of hydrogen-bond acceptors (Lipinski definition) is 10. The summed E-state index contributed by atoms with van der Waals surface area (Å²) < 4.78 is 48.1. The molecule has 1 aliphatic heterocycles. The van der Waals surface area contributed by atoms with Crippen molar-refractivity contribution in [2.45, 2.75) is 436 Å². The quantitative estimate of drug-likeness (QED) is 0.0193. The highest BCUT2D eigenvalue weighted by Gasteiger charge is 2.48. The second-order valence-corrected chi connectivity index (χ2v) is 27.7. The maximum Gasteiger partial charge on any atom is 0.397 e. The average molecular weight is 1240 g/mol. The van der Waals surface area contributed by atoms with Crippen LogP contribution in [-0.2, 0) is 28.9 Å². The van der Waals surface area contributed by atoms with Crippen molar-refractivity contribution in [3.8, 4) is 0 Å². The average Bonchev–Trinajstić information content (AvgIpc) is 1.80. The van der Waals surface area contributed by atoms with E-state index in [4.69, 9.17) is 9.47 Å². The molecule has 0 saturated carbocycles. The molecule has 7 unspecified atom stereocenters. The fraction of sp³-hybridized carbons (Fsp3) is 0.959. The number of unbranched alkanes of at least 4 members (excludes halogenated alkanes) is 56. The van der Waals surface area contributed by atoms with Gasteiger partial charge in [-0.15, -0.1) is 0 Å². The Morgan fingerprint density at radius 2 is 0.733 bits per heavy atom. The Morgan fingerprint density at radius 1 is 0.453 bits per heavy atom. The predicted octanol–water partition coefficient (Wildman–Crippen LogP) is 20.1. The number of carbonyl (C=O) groups excluding carboxylic acids is 1. The lowest BCUT2D eigenvalue weighted by molar-refractivity contribution is -0.298. The summed E-state index contributed by atoms with van der Waals surface area (Å²) in [6.07, 6.45) is 71.7. The smallest absolute Gasteiger partial charge is 0.394 e. The van der Waals surface area contributed by atoms with Crippen LogP contribution >= 0.6 is 0 Å². The van der Waals surface area contributed by atoms with E-state index in [-0.39, 0.29) is 18.9 Å². The molecule has 6 N–H and O–H groups in total. The lowest BCUT2D eigenvalue weighted by Gasteiger charge is -2.41. The van der Waals surface area contributed by atoms with Crippen molar-refractivity contribution in [1.29, 1.82) is 0 Å². The minimum atomic E-state index is -5.09. The Morgan fingerprint density at radius 3 is 1.01 bits per heavy atom. The van der Waals surface area contributed by atoms with Crippen LogP contribution in [0.25, 0.3) is 0 Å². The van der Waals surface area contributed by atoms with Crippen molar-refractivity contribution in [3.63, 3.8) is 0 Å². The van der Waals surface area contributed by atoms with Gasteiger partial charge in [0.05, 0.1) is 25.4 Å². The van der Waals surface area contributed by atoms with Crippen molar-refractivity contribution in [2.24, 2.45) is 0 Å². The van der Waals surface area contributed by atoms with Crippen LogP contribution in [0.5, 0.6) is 0 Å². The first-order valence-electron chi connectivity index (χ1n) is 37.6. The van der Waals surface area contributed by atoms with Gasteiger partial charge in [0.15, 0.2) is 6.29 Å². The third-order valence-electron chi connectivity index (χ3n) is 18.3. The van der Waals surface area contributed by atoms with E-state index in [1.165, 1.54) is 327 Å². The molecule has 1 amide bonds. The summed E-state index contributed by atoms with van der Waals surface area (Å²) in [5.74, 6) is -0.252. The molecule has 1 fully saturated rings. The molecule has 0 radical (unpaired) electrons. The van der Waals surface area contributed by atoms with Crippen LogP contribution in [0.4, 0.5) is 0 Å². The molecule has 7 atom stereocenters. The molecule has 1 saturated heterocycles. The molecule has 12 nitrogen and oxygen atoms in total. The summed E-state index contributed by atoms with van der Waals surface area (Å²) in [6.45, 7) is 3.47. The number of rotatable bonds is 68. The van der Waals surface area contributed by atoms with Gasteiger partial charge < -0.3 is 35.2 Å². The van der Waals surface area contributed by atoms with Crippen LogP contribution in [0, 0.1) is 0 Å². The lowest BCUT2D eigenvalue weighted by atomic mass is 9.99. The van der Waals surface area contributed by atoms with Crippen LogP contribution in [0.3, 0.4) is 0 Å². The van der Waals surface area contributed by atoms with Crippen LogP contribution < -0.4 is 5.32 Å². The van der Waals surface area contributed by atoms with Gasteiger partial charge in [-0.05, 0) is 19.3 Å². The Balaban J connectivity index is 2.16. The summed E-state index contributed by atoms with van der Waals surface area (Å²) in [6, 6.07) is -0.942. The van der Waals surface area contributed by atoms with Gasteiger partial charge in [0.25, 0.3) is 0 Å². The Hall–Kier alpha value is -1.16. The molecule has 1 heterocycles. The molecule has 86 heavy (non-hydrogen) atoms. The van der Waals surface area contributed by atoms with E-state index in [9.17, 15) is 38.2 Å². The van der Waals surface area contributed by atoms with Gasteiger partial charge in [0, 0.05) is 6.42 Å². The summed E-state index contributed by atoms with van der Waals surface area (Å²) in [5.41, 5.74) is 0. The number of carbonyl (C=O) groups is 1. The molecule has 0 aromatic carbocycles. The third-order valence-corrected chi connectivity index (χ3v) is 18.8. The van der Waals surface area contributed by atoms with E-state index in [0.29, 0.717) is 6.42 Å². The third kappa shape index (κ3) is 53.5. The van der Waals surface area contributed by atoms with Crippen molar-refractivity contribution < 1.29 is 51.8 Å². The molecule has 0 aromatic heterocycles. The summed E-state index contributed by atoms with van der Waals surface area (Å²) in [4.78, 5) is 13.2. The number of hydrogen-bond donors (Lipinski definition) is 6. The zero-order chi connectivity index (χ0) is 62.5. The summed E-state index contributed by atoms with van der Waals surface area (Å²) >= 11 is 0. The lowest BCUT2D eigenvalue weighted by Crippen LogP contribution is -2.61. The molecule has 0 aromatic rings. The highest BCUT2D eigenvalue weighted by atomic mass is 32.3. The van der Waals surface area contributed by atoms with E-state index < -0.39 is 59.9 Å². The Kier molecular flexibility index (Phi) is 60.3. The highest BCUT2D eigenvalue weighted by Crippen LogP contribution is 2.27. The van der Waals surface area contributed by atoms with Crippen LogP contribution in [0.1, 0.15) is 393 Å². The van der Waals surface area contributed by atoms with E-state index in [1.54, 1.807) is 6.08 Å². The maximum atomic E-state index is 13.2. The van der Waals surface area contributed by atoms with Gasteiger partial charge in [-0.25, -0.2) is 4.18 Å². The predicted molar refractivity (Wildman–Crippen MR) is 361 cm³/mol. The number of nitrogens with one attached hydrogen (secondary N) is 1. The number of amides is 1. The zero-order valence-corrected chi connectivity index (χ0v) is 57.2. The summed E-state index contributed by atoms with van der Waals surface area (Å²) in [7, 11) is -5.09. The fourth-order valence-corrected chi connectivity index (χ4v) is 13.1. The molecule has 0 bridgehead atoms. The normalized spacial score (nSPS) is 18.2. The Labute approximate surface area is 531 Å². The minimum absolute atomic E-state index is 0.252. The minimum Gasteiger partial charge on any atom is -0.394 e. The number of ether oxygens (including phenoxy) is 2. The second-order valence-electron chi connectivity index (χ2n) is 26.6. The largest absolute Gasteiger partial charge is 0.397 e. The van der Waals surface area contributed by atoms with E-state index in [1.807, 2.05) is 6.08 Å². The monoisotopic (exact) mass is 1240 g/mol. The maximum absolute atomic E-state index is 13.2. The number of aliphatic hydroxyl groups is 4. The first-order chi connectivity index (χ1) is 42.0. The summed E-state index contributed by atoms with van der Waals surface area (Å²) in [5, 5.41) is 45.2. The van der Waals surface area contributed by atoms with Gasteiger partial charge in [-0.1, -0.05) is 379 Å². The van der Waals surface area contributed by atoms with Gasteiger partial charge in [-0.3, -0.25) is 9.35 Å². The van der Waals surface area contributed by atoms with Gasteiger partial charge in [0.1, 0.15) is 24.4 Å². The molecule has 1 aliphatic rings. The first kappa shape index (κ1) is 82.9. The topological polar surface area (TPSA) is 192 Å². The van der Waals surface area contributed by atoms with E-state index in [2.05, 4.69) is 23.3 Å². The van der Waals surface area contributed by atoms with Crippen molar-refractivity contribution in [2.75, 3.05) is 13.2 Å². The zero-order valence-electron chi connectivity index (χ0n) is 56.4. The second kappa shape index (κ2) is 62.6. The van der Waals surface area contributed by atoms with Crippen molar-refractivity contribution in [3.05, 3.63) is 12.2 Å².